The molecular formula is C5H16O13P2. The molecule has 3 unspecified atom stereocenters. The standard InChI is InChI=1S/C5H10O5.2H3O4P/c6-1-3(8)5(10)4(9)2-7;2*1-5(2,3)4/h1,3-5,7-10H,2H2;2*(H3,1,2,3,4). The Kier molecular flexibility index (Phi) is 14.1. The first-order chi connectivity index (χ1) is 8.63. The monoisotopic (exact) mass is 346 g/mol. The van der Waals surface area contributed by atoms with Gasteiger partial charge in [-0.1, -0.05) is 0 Å². The maximum Gasteiger partial charge on any atom is 0.466 e. The Bertz CT molecular complexity index is 295. The molecule has 0 aromatic rings. The summed E-state index contributed by atoms with van der Waals surface area (Å²) in [6.45, 7) is -0.688. The van der Waals surface area contributed by atoms with Crippen molar-refractivity contribution >= 4 is 21.9 Å². The first-order valence-electron chi connectivity index (χ1n) is 4.30. The minimum atomic E-state index is -4.64. The van der Waals surface area contributed by atoms with Crippen molar-refractivity contribution in [2.45, 2.75) is 18.3 Å². The van der Waals surface area contributed by atoms with Crippen molar-refractivity contribution in [1.29, 1.82) is 0 Å². The molecule has 0 aliphatic heterocycles. The van der Waals surface area contributed by atoms with Crippen LogP contribution in [0.15, 0.2) is 0 Å². The van der Waals surface area contributed by atoms with Gasteiger partial charge in [0.25, 0.3) is 0 Å². The van der Waals surface area contributed by atoms with E-state index in [1.807, 2.05) is 0 Å². The second-order valence-corrected chi connectivity index (χ2v) is 4.95. The number of carbonyl (C=O) groups excluding carboxylic acids is 1. The molecule has 0 heterocycles. The van der Waals surface area contributed by atoms with Crippen molar-refractivity contribution in [2.75, 3.05) is 6.61 Å². The van der Waals surface area contributed by atoms with Crippen LogP contribution in [0.1, 0.15) is 0 Å². The molecule has 3 atom stereocenters. The number of aliphatic hydroxyl groups excluding tert-OH is 4. The molecule has 124 valence electrons. The van der Waals surface area contributed by atoms with Crippen LogP contribution in [0.5, 0.6) is 0 Å². The Labute approximate surface area is 111 Å². The molecule has 20 heavy (non-hydrogen) atoms. The Morgan fingerprint density at radius 3 is 1.25 bits per heavy atom. The molecule has 0 aromatic heterocycles. The minimum absolute atomic E-state index is 0.0869. The fourth-order valence-corrected chi connectivity index (χ4v) is 0.416. The SMILES string of the molecule is O=CC(O)C(O)C(O)CO.O=P(O)(O)O.O=P(O)(O)O. The molecule has 0 spiro atoms. The number of rotatable bonds is 4. The Hall–Kier alpha value is -0.270. The lowest BCUT2D eigenvalue weighted by Gasteiger charge is -2.16. The van der Waals surface area contributed by atoms with Crippen LogP contribution < -0.4 is 0 Å². The van der Waals surface area contributed by atoms with Crippen molar-refractivity contribution in [3.63, 3.8) is 0 Å². The summed E-state index contributed by atoms with van der Waals surface area (Å²) < 4.78 is 17.8. The zero-order chi connectivity index (χ0) is 17.1. The summed E-state index contributed by atoms with van der Waals surface area (Å²) in [5.74, 6) is 0. The zero-order valence-electron chi connectivity index (χ0n) is 9.61. The van der Waals surface area contributed by atoms with Crippen LogP contribution in [0.3, 0.4) is 0 Å². The van der Waals surface area contributed by atoms with Crippen LogP contribution in [0.25, 0.3) is 0 Å². The molecule has 13 nitrogen and oxygen atoms in total. The quantitative estimate of drug-likeness (QED) is 0.170. The van der Waals surface area contributed by atoms with E-state index in [0.29, 0.717) is 0 Å². The molecule has 0 fully saturated rings. The normalized spacial score (nSPS) is 15.7. The van der Waals surface area contributed by atoms with Gasteiger partial charge in [-0.2, -0.15) is 0 Å². The smallest absolute Gasteiger partial charge is 0.394 e. The number of aliphatic hydroxyl groups is 4. The first-order valence-corrected chi connectivity index (χ1v) is 7.43. The van der Waals surface area contributed by atoms with E-state index < -0.39 is 40.6 Å². The molecule has 0 saturated carbocycles. The van der Waals surface area contributed by atoms with Crippen LogP contribution in [0, 0.1) is 0 Å². The van der Waals surface area contributed by atoms with E-state index in [4.69, 9.17) is 58.9 Å². The van der Waals surface area contributed by atoms with Crippen LogP contribution in [-0.4, -0.2) is 81.0 Å². The fraction of sp³-hybridized carbons (Fsp3) is 0.800. The number of phosphoric acid groups is 2. The molecular weight excluding hydrogens is 330 g/mol. The summed E-state index contributed by atoms with van der Waals surface area (Å²) in [4.78, 5) is 52.9. The van der Waals surface area contributed by atoms with Crippen LogP contribution in [-0.2, 0) is 13.9 Å². The number of aldehydes is 1. The van der Waals surface area contributed by atoms with Gasteiger partial charge in [-0.15, -0.1) is 0 Å². The highest BCUT2D eigenvalue weighted by Crippen LogP contribution is 2.26. The Balaban J connectivity index is -0.000000244. The lowest BCUT2D eigenvalue weighted by Crippen LogP contribution is -2.40. The van der Waals surface area contributed by atoms with Crippen molar-refractivity contribution < 1.29 is 63.7 Å². The van der Waals surface area contributed by atoms with Crippen molar-refractivity contribution in [1.82, 2.24) is 0 Å². The van der Waals surface area contributed by atoms with Gasteiger partial charge in [0.2, 0.25) is 0 Å². The summed E-state index contributed by atoms with van der Waals surface area (Å²) >= 11 is 0. The van der Waals surface area contributed by atoms with Crippen LogP contribution >= 0.6 is 15.6 Å². The maximum atomic E-state index is 9.76. The minimum Gasteiger partial charge on any atom is -0.394 e. The van der Waals surface area contributed by atoms with Gasteiger partial charge in [0.1, 0.15) is 18.3 Å². The second kappa shape index (κ2) is 11.4. The molecule has 0 radical (unpaired) electrons. The van der Waals surface area contributed by atoms with Gasteiger partial charge < -0.3 is 54.6 Å². The molecule has 0 aromatic carbocycles. The van der Waals surface area contributed by atoms with Gasteiger partial charge in [-0.25, -0.2) is 9.13 Å². The van der Waals surface area contributed by atoms with Crippen LogP contribution in [0.2, 0.25) is 0 Å². The van der Waals surface area contributed by atoms with E-state index in [2.05, 4.69) is 0 Å². The summed E-state index contributed by atoms with van der Waals surface area (Å²) in [7, 11) is -9.28. The molecule has 0 aliphatic rings. The summed E-state index contributed by atoms with van der Waals surface area (Å²) in [5, 5.41) is 34.1. The number of hydrogen-bond donors (Lipinski definition) is 10. The van der Waals surface area contributed by atoms with E-state index in [9.17, 15) is 4.79 Å². The third-order valence-corrected chi connectivity index (χ3v) is 1.07. The summed E-state index contributed by atoms with van der Waals surface area (Å²) in [5.41, 5.74) is 0. The molecule has 0 bridgehead atoms. The highest BCUT2D eigenvalue weighted by molar-refractivity contribution is 7.45. The largest absolute Gasteiger partial charge is 0.466 e. The summed E-state index contributed by atoms with van der Waals surface area (Å²) in [6, 6.07) is 0. The van der Waals surface area contributed by atoms with Gasteiger partial charge in [0.15, 0.2) is 6.29 Å². The Morgan fingerprint density at radius 1 is 0.850 bits per heavy atom. The van der Waals surface area contributed by atoms with E-state index in [-0.39, 0.29) is 6.29 Å². The van der Waals surface area contributed by atoms with Gasteiger partial charge in [0, 0.05) is 0 Å². The summed E-state index contributed by atoms with van der Waals surface area (Å²) in [6.07, 6.45) is -4.63. The predicted octanol–water partition coefficient (Wildman–Crippen LogP) is -4.60. The molecule has 15 heteroatoms. The zero-order valence-corrected chi connectivity index (χ0v) is 11.4. The molecule has 0 aliphatic carbocycles. The van der Waals surface area contributed by atoms with E-state index in [1.54, 1.807) is 0 Å². The molecule has 10 N–H and O–H groups in total. The highest BCUT2D eigenvalue weighted by atomic mass is 31.2. The third-order valence-electron chi connectivity index (χ3n) is 1.07. The predicted molar refractivity (Wildman–Crippen MR) is 59.7 cm³/mol. The van der Waals surface area contributed by atoms with Gasteiger partial charge >= 0.3 is 15.6 Å². The van der Waals surface area contributed by atoms with Gasteiger partial charge in [-0.3, -0.25) is 0 Å². The second-order valence-electron chi connectivity index (χ2n) is 2.89. The van der Waals surface area contributed by atoms with Crippen molar-refractivity contribution in [3.8, 4) is 0 Å². The van der Waals surface area contributed by atoms with Crippen LogP contribution in [0.4, 0.5) is 0 Å². The van der Waals surface area contributed by atoms with Crippen molar-refractivity contribution in [3.05, 3.63) is 0 Å². The van der Waals surface area contributed by atoms with Gasteiger partial charge in [0.05, 0.1) is 6.61 Å². The van der Waals surface area contributed by atoms with E-state index >= 15 is 0 Å². The van der Waals surface area contributed by atoms with E-state index in [0.717, 1.165) is 0 Å². The maximum absolute atomic E-state index is 9.76. The first kappa shape index (κ1) is 24.7. The number of hydrogen-bond acceptors (Lipinski definition) is 7. The topological polar surface area (TPSA) is 254 Å². The average Bonchev–Trinajstić information content (AvgIpc) is 2.21. The third kappa shape index (κ3) is 36.1. The highest BCUT2D eigenvalue weighted by Gasteiger charge is 2.22. The lowest BCUT2D eigenvalue weighted by molar-refractivity contribution is -0.127. The molecule has 0 saturated heterocycles. The van der Waals surface area contributed by atoms with Crippen molar-refractivity contribution in [2.24, 2.45) is 0 Å². The fourth-order valence-electron chi connectivity index (χ4n) is 0.416. The lowest BCUT2D eigenvalue weighted by atomic mass is 10.1. The van der Waals surface area contributed by atoms with E-state index in [1.165, 1.54) is 0 Å². The molecule has 0 rings (SSSR count). The Morgan fingerprint density at radius 2 is 1.10 bits per heavy atom. The van der Waals surface area contributed by atoms with Gasteiger partial charge in [-0.05, 0) is 0 Å². The number of carbonyl (C=O) groups is 1. The molecule has 0 amide bonds. The average molecular weight is 346 g/mol.